The number of para-hydroxylation sites is 1. The van der Waals surface area contributed by atoms with E-state index < -0.39 is 0 Å². The Kier molecular flexibility index (Phi) is 7.03. The van der Waals surface area contributed by atoms with E-state index in [-0.39, 0.29) is 11.8 Å². The highest BCUT2D eigenvalue weighted by molar-refractivity contribution is 7.15. The van der Waals surface area contributed by atoms with Crippen molar-refractivity contribution in [3.63, 3.8) is 0 Å². The number of nitrogens with zero attached hydrogens (tertiary/aromatic N) is 1. The highest BCUT2D eigenvalue weighted by Crippen LogP contribution is 2.32. The standard InChI is InChI=1S/C21H27N3O3S/c1-3-27-17-8-5-4-7-15(17)20(26)22-12-6-9-19(25)24-21-23-16-11-10-14(2)13-18(16)28-21/h4-5,7-8,14H,3,6,9-13H2,1-2H3,(H,22,26)(H,23,24,25). The van der Waals surface area contributed by atoms with Crippen LogP contribution in [0.15, 0.2) is 24.3 Å². The maximum atomic E-state index is 12.3. The monoisotopic (exact) mass is 401 g/mol. The number of hydrogen-bond donors (Lipinski definition) is 2. The van der Waals surface area contributed by atoms with Gasteiger partial charge in [0.1, 0.15) is 5.75 Å². The van der Waals surface area contributed by atoms with E-state index in [0.29, 0.717) is 48.4 Å². The average molecular weight is 402 g/mol. The van der Waals surface area contributed by atoms with Crippen molar-refractivity contribution in [3.8, 4) is 5.75 Å². The lowest BCUT2D eigenvalue weighted by Crippen LogP contribution is -2.26. The van der Waals surface area contributed by atoms with Crippen molar-refractivity contribution in [1.82, 2.24) is 10.3 Å². The first-order chi connectivity index (χ1) is 13.6. The van der Waals surface area contributed by atoms with Crippen molar-refractivity contribution in [1.29, 1.82) is 0 Å². The van der Waals surface area contributed by atoms with Gasteiger partial charge in [0.2, 0.25) is 5.91 Å². The summed E-state index contributed by atoms with van der Waals surface area (Å²) in [5.41, 5.74) is 1.65. The molecule has 3 rings (SSSR count). The van der Waals surface area contributed by atoms with E-state index in [4.69, 9.17) is 4.74 Å². The molecule has 0 radical (unpaired) electrons. The number of benzene rings is 1. The predicted molar refractivity (Wildman–Crippen MR) is 111 cm³/mol. The number of rotatable bonds is 8. The molecule has 7 heteroatoms. The molecule has 0 bridgehead atoms. The Balaban J connectivity index is 1.42. The van der Waals surface area contributed by atoms with Crippen LogP contribution in [0.25, 0.3) is 0 Å². The normalized spacial score (nSPS) is 15.6. The van der Waals surface area contributed by atoms with Gasteiger partial charge in [-0.15, -0.1) is 11.3 Å². The fourth-order valence-corrected chi connectivity index (χ4v) is 4.44. The van der Waals surface area contributed by atoms with Crippen LogP contribution < -0.4 is 15.4 Å². The van der Waals surface area contributed by atoms with Crippen molar-refractivity contribution < 1.29 is 14.3 Å². The van der Waals surface area contributed by atoms with E-state index in [0.717, 1.165) is 25.0 Å². The maximum absolute atomic E-state index is 12.3. The van der Waals surface area contributed by atoms with Gasteiger partial charge in [-0.05, 0) is 50.7 Å². The largest absolute Gasteiger partial charge is 0.493 e. The van der Waals surface area contributed by atoms with Crippen LogP contribution in [0.2, 0.25) is 0 Å². The first-order valence-electron chi connectivity index (χ1n) is 9.85. The van der Waals surface area contributed by atoms with Crippen LogP contribution in [0.3, 0.4) is 0 Å². The zero-order chi connectivity index (χ0) is 19.9. The second-order valence-electron chi connectivity index (χ2n) is 7.07. The molecular formula is C21H27N3O3S. The summed E-state index contributed by atoms with van der Waals surface area (Å²) in [5.74, 6) is 1.00. The Labute approximate surface area is 169 Å². The summed E-state index contributed by atoms with van der Waals surface area (Å²) >= 11 is 1.59. The number of carbonyl (C=O) groups is 2. The van der Waals surface area contributed by atoms with Gasteiger partial charge < -0.3 is 15.4 Å². The molecule has 2 amide bonds. The lowest BCUT2D eigenvalue weighted by Gasteiger charge is -2.15. The van der Waals surface area contributed by atoms with Gasteiger partial charge >= 0.3 is 0 Å². The SMILES string of the molecule is CCOc1ccccc1C(=O)NCCCC(=O)Nc1nc2c(s1)CC(C)CC2. The number of aryl methyl sites for hydroxylation is 1. The molecule has 2 N–H and O–H groups in total. The zero-order valence-corrected chi connectivity index (χ0v) is 17.2. The number of fused-ring (bicyclic) bond motifs is 1. The molecule has 1 unspecified atom stereocenters. The van der Waals surface area contributed by atoms with Crippen LogP contribution in [0.5, 0.6) is 5.75 Å². The number of ether oxygens (including phenoxy) is 1. The van der Waals surface area contributed by atoms with E-state index in [1.54, 1.807) is 29.5 Å². The van der Waals surface area contributed by atoms with Gasteiger partial charge in [-0.2, -0.15) is 0 Å². The highest BCUT2D eigenvalue weighted by atomic mass is 32.1. The van der Waals surface area contributed by atoms with E-state index in [1.165, 1.54) is 4.88 Å². The van der Waals surface area contributed by atoms with Gasteiger partial charge in [-0.25, -0.2) is 4.98 Å². The Morgan fingerprint density at radius 2 is 2.14 bits per heavy atom. The number of nitrogens with one attached hydrogen (secondary N) is 2. The predicted octanol–water partition coefficient (Wildman–Crippen LogP) is 3.82. The van der Waals surface area contributed by atoms with Gasteiger partial charge in [0, 0.05) is 17.8 Å². The molecule has 0 aliphatic heterocycles. The number of hydrogen-bond acceptors (Lipinski definition) is 5. The lowest BCUT2D eigenvalue weighted by molar-refractivity contribution is -0.116. The fourth-order valence-electron chi connectivity index (χ4n) is 3.26. The summed E-state index contributed by atoms with van der Waals surface area (Å²) in [7, 11) is 0. The van der Waals surface area contributed by atoms with Crippen molar-refractivity contribution in [3.05, 3.63) is 40.4 Å². The number of carbonyl (C=O) groups excluding carboxylic acids is 2. The average Bonchev–Trinajstić information content (AvgIpc) is 3.07. The second kappa shape index (κ2) is 9.68. The molecule has 0 fully saturated rings. The van der Waals surface area contributed by atoms with Crippen molar-refractivity contribution in [2.75, 3.05) is 18.5 Å². The van der Waals surface area contributed by atoms with Crippen molar-refractivity contribution >= 4 is 28.3 Å². The summed E-state index contributed by atoms with van der Waals surface area (Å²) in [6.45, 7) is 5.07. The van der Waals surface area contributed by atoms with Crippen LogP contribution in [-0.4, -0.2) is 29.9 Å². The molecule has 6 nitrogen and oxygen atoms in total. The third-order valence-electron chi connectivity index (χ3n) is 4.73. The summed E-state index contributed by atoms with van der Waals surface area (Å²) < 4.78 is 5.48. The third-order valence-corrected chi connectivity index (χ3v) is 5.77. The van der Waals surface area contributed by atoms with E-state index in [1.807, 2.05) is 13.0 Å². The molecule has 0 saturated heterocycles. The molecule has 1 atom stereocenters. The lowest BCUT2D eigenvalue weighted by atomic mass is 9.93. The summed E-state index contributed by atoms with van der Waals surface area (Å²) in [5, 5.41) is 6.44. The minimum Gasteiger partial charge on any atom is -0.493 e. The van der Waals surface area contributed by atoms with Crippen molar-refractivity contribution in [2.24, 2.45) is 5.92 Å². The summed E-state index contributed by atoms with van der Waals surface area (Å²) in [6, 6.07) is 7.15. The van der Waals surface area contributed by atoms with Crippen LogP contribution in [0.4, 0.5) is 5.13 Å². The first-order valence-corrected chi connectivity index (χ1v) is 10.7. The molecule has 1 aromatic carbocycles. The van der Waals surface area contributed by atoms with Gasteiger partial charge in [0.15, 0.2) is 5.13 Å². The molecule has 0 spiro atoms. The molecule has 1 heterocycles. The molecule has 0 saturated carbocycles. The minimum atomic E-state index is -0.189. The molecule has 2 aromatic rings. The first kappa shape index (κ1) is 20.3. The molecule has 1 aliphatic rings. The van der Waals surface area contributed by atoms with Gasteiger partial charge in [0.25, 0.3) is 5.91 Å². The van der Waals surface area contributed by atoms with Gasteiger partial charge in [-0.1, -0.05) is 19.1 Å². The van der Waals surface area contributed by atoms with Crippen molar-refractivity contribution in [2.45, 2.75) is 46.0 Å². The van der Waals surface area contributed by atoms with Gasteiger partial charge in [0.05, 0.1) is 17.9 Å². The van der Waals surface area contributed by atoms with E-state index in [9.17, 15) is 9.59 Å². The molecular weight excluding hydrogens is 374 g/mol. The Bertz CT molecular complexity index is 834. The number of thiazole rings is 1. The summed E-state index contributed by atoms with van der Waals surface area (Å²) in [4.78, 5) is 30.3. The molecule has 28 heavy (non-hydrogen) atoms. The number of aromatic nitrogens is 1. The van der Waals surface area contributed by atoms with Crippen LogP contribution in [0.1, 0.15) is 54.0 Å². The van der Waals surface area contributed by atoms with E-state index >= 15 is 0 Å². The topological polar surface area (TPSA) is 80.3 Å². The smallest absolute Gasteiger partial charge is 0.255 e. The Hall–Kier alpha value is -2.41. The highest BCUT2D eigenvalue weighted by Gasteiger charge is 2.20. The molecule has 1 aliphatic carbocycles. The maximum Gasteiger partial charge on any atom is 0.255 e. The Morgan fingerprint density at radius 1 is 1.32 bits per heavy atom. The van der Waals surface area contributed by atoms with Crippen LogP contribution in [-0.2, 0) is 17.6 Å². The Morgan fingerprint density at radius 3 is 2.96 bits per heavy atom. The van der Waals surface area contributed by atoms with Crippen LogP contribution in [0, 0.1) is 5.92 Å². The number of amides is 2. The van der Waals surface area contributed by atoms with E-state index in [2.05, 4.69) is 22.5 Å². The zero-order valence-electron chi connectivity index (χ0n) is 16.4. The van der Waals surface area contributed by atoms with Gasteiger partial charge in [-0.3, -0.25) is 9.59 Å². The summed E-state index contributed by atoms with van der Waals surface area (Å²) in [6.07, 6.45) is 4.12. The van der Waals surface area contributed by atoms with Crippen LogP contribution >= 0.6 is 11.3 Å². The third kappa shape index (κ3) is 5.32. The molecule has 1 aromatic heterocycles. The minimum absolute atomic E-state index is 0.0666. The number of anilines is 1. The fraction of sp³-hybridized carbons (Fsp3) is 0.476. The molecule has 150 valence electrons. The quantitative estimate of drug-likeness (QED) is 0.659. The second-order valence-corrected chi connectivity index (χ2v) is 8.16.